The largest absolute Gasteiger partial charge is 0.497 e. The Kier molecular flexibility index (Phi) is 8.49. The molecule has 0 saturated heterocycles. The number of fused-ring (bicyclic) bond motifs is 1. The molecule has 5 rings (SSSR count). The van der Waals surface area contributed by atoms with Crippen LogP contribution in [0.25, 0.3) is 10.2 Å². The third kappa shape index (κ3) is 7.13. The SMILES string of the molecule is COc1cccc(OC(=O)Nc2nc3ccc(C(=O)Nc4cc(NC(=O)c5cccc(C(F)(F)F)c5)ccc4C)cc3s2)c1. The van der Waals surface area contributed by atoms with Gasteiger partial charge < -0.3 is 20.1 Å². The number of hydrogen-bond donors (Lipinski definition) is 3. The Morgan fingerprint density at radius 3 is 2.30 bits per heavy atom. The molecule has 4 aromatic carbocycles. The molecule has 0 aliphatic rings. The molecule has 224 valence electrons. The lowest BCUT2D eigenvalue weighted by molar-refractivity contribution is -0.137. The predicted octanol–water partition coefficient (Wildman–Crippen LogP) is 7.75. The molecule has 0 atom stereocenters. The summed E-state index contributed by atoms with van der Waals surface area (Å²) in [5, 5.41) is 8.20. The van der Waals surface area contributed by atoms with Gasteiger partial charge in [-0.2, -0.15) is 13.2 Å². The number of ether oxygens (including phenoxy) is 2. The number of benzene rings is 4. The quantitative estimate of drug-likeness (QED) is 0.171. The Labute approximate surface area is 252 Å². The van der Waals surface area contributed by atoms with E-state index in [0.717, 1.165) is 29.5 Å². The highest BCUT2D eigenvalue weighted by molar-refractivity contribution is 7.22. The molecule has 0 bridgehead atoms. The number of rotatable bonds is 7. The second kappa shape index (κ2) is 12.4. The zero-order valence-electron chi connectivity index (χ0n) is 23.1. The summed E-state index contributed by atoms with van der Waals surface area (Å²) in [5.74, 6) is -0.360. The van der Waals surface area contributed by atoms with Crippen molar-refractivity contribution in [1.82, 2.24) is 4.98 Å². The van der Waals surface area contributed by atoms with Gasteiger partial charge in [0.15, 0.2) is 5.13 Å². The van der Waals surface area contributed by atoms with E-state index in [-0.39, 0.29) is 22.1 Å². The van der Waals surface area contributed by atoms with Crippen LogP contribution in [0.15, 0.2) is 84.9 Å². The highest BCUT2D eigenvalue weighted by atomic mass is 32.1. The summed E-state index contributed by atoms with van der Waals surface area (Å²) in [7, 11) is 1.50. The van der Waals surface area contributed by atoms with E-state index in [1.807, 2.05) is 0 Å². The van der Waals surface area contributed by atoms with Crippen LogP contribution in [-0.2, 0) is 6.18 Å². The van der Waals surface area contributed by atoms with Crippen molar-refractivity contribution in [1.29, 1.82) is 0 Å². The van der Waals surface area contributed by atoms with Crippen molar-refractivity contribution in [2.45, 2.75) is 13.1 Å². The van der Waals surface area contributed by atoms with Crippen LogP contribution in [0.5, 0.6) is 11.5 Å². The lowest BCUT2D eigenvalue weighted by Gasteiger charge is -2.13. The number of carbonyl (C=O) groups excluding carboxylic acids is 3. The Morgan fingerprint density at radius 2 is 1.52 bits per heavy atom. The highest BCUT2D eigenvalue weighted by Crippen LogP contribution is 2.31. The van der Waals surface area contributed by atoms with Gasteiger partial charge in [0.25, 0.3) is 11.8 Å². The number of carbonyl (C=O) groups is 3. The zero-order valence-corrected chi connectivity index (χ0v) is 23.9. The van der Waals surface area contributed by atoms with Gasteiger partial charge in [0, 0.05) is 28.6 Å². The van der Waals surface area contributed by atoms with Gasteiger partial charge in [-0.15, -0.1) is 0 Å². The van der Waals surface area contributed by atoms with Crippen molar-refractivity contribution in [3.63, 3.8) is 0 Å². The molecule has 1 aromatic heterocycles. The van der Waals surface area contributed by atoms with E-state index >= 15 is 0 Å². The molecule has 0 aliphatic heterocycles. The maximum absolute atomic E-state index is 13.1. The number of amides is 3. The van der Waals surface area contributed by atoms with Gasteiger partial charge in [-0.25, -0.2) is 9.78 Å². The summed E-state index contributed by atoms with van der Waals surface area (Å²) in [4.78, 5) is 42.5. The molecule has 9 nitrogen and oxygen atoms in total. The van der Waals surface area contributed by atoms with Crippen LogP contribution in [0.3, 0.4) is 0 Å². The summed E-state index contributed by atoms with van der Waals surface area (Å²) in [6.45, 7) is 1.75. The first kappa shape index (κ1) is 30.0. The molecule has 0 radical (unpaired) electrons. The summed E-state index contributed by atoms with van der Waals surface area (Å²) in [5.41, 5.74) is 1.13. The summed E-state index contributed by atoms with van der Waals surface area (Å²) < 4.78 is 50.2. The Hall–Kier alpha value is -5.43. The van der Waals surface area contributed by atoms with E-state index in [2.05, 4.69) is 20.9 Å². The number of anilines is 3. The second-order valence-electron chi connectivity index (χ2n) is 9.41. The third-order valence-corrected chi connectivity index (χ3v) is 7.24. The lowest BCUT2D eigenvalue weighted by Crippen LogP contribution is -2.16. The Bertz CT molecular complexity index is 1890. The maximum Gasteiger partial charge on any atom is 0.418 e. The lowest BCUT2D eigenvalue weighted by atomic mass is 10.1. The van der Waals surface area contributed by atoms with Crippen molar-refractivity contribution in [2.24, 2.45) is 0 Å². The Morgan fingerprint density at radius 1 is 0.795 bits per heavy atom. The molecular weight excluding hydrogens is 597 g/mol. The second-order valence-corrected chi connectivity index (χ2v) is 10.4. The topological polar surface area (TPSA) is 119 Å². The minimum Gasteiger partial charge on any atom is -0.497 e. The number of nitrogens with one attached hydrogen (secondary N) is 3. The first-order chi connectivity index (χ1) is 21.0. The fourth-order valence-electron chi connectivity index (χ4n) is 4.07. The molecular formula is C31H23F3N4O5S. The fraction of sp³-hybridized carbons (Fsp3) is 0.0968. The molecule has 0 fully saturated rings. The number of aromatic nitrogens is 1. The van der Waals surface area contributed by atoms with Gasteiger partial charge in [-0.3, -0.25) is 14.9 Å². The van der Waals surface area contributed by atoms with Crippen LogP contribution in [0.4, 0.5) is 34.5 Å². The standard InChI is InChI=1S/C31H23F3N4O5S/c1-17-9-11-21(35-27(39)18-5-3-6-20(13-18)31(32,33)34)15-25(17)36-28(40)19-10-12-24-26(14-19)44-29(37-24)38-30(41)43-23-8-4-7-22(16-23)42-2/h3-16H,1-2H3,(H,35,39)(H,36,40)(H,37,38,41). The molecule has 0 saturated carbocycles. The van der Waals surface area contributed by atoms with Crippen molar-refractivity contribution >= 4 is 56.0 Å². The fourth-order valence-corrected chi connectivity index (χ4v) is 4.96. The van der Waals surface area contributed by atoms with Gasteiger partial charge in [0.05, 0.1) is 22.9 Å². The molecule has 0 unspecified atom stereocenters. The van der Waals surface area contributed by atoms with E-state index in [1.54, 1.807) is 61.5 Å². The number of methoxy groups -OCH3 is 1. The third-order valence-electron chi connectivity index (χ3n) is 6.31. The van der Waals surface area contributed by atoms with Gasteiger partial charge in [-0.05, 0) is 73.2 Å². The van der Waals surface area contributed by atoms with E-state index in [9.17, 15) is 27.6 Å². The maximum atomic E-state index is 13.1. The zero-order chi connectivity index (χ0) is 31.4. The van der Waals surface area contributed by atoms with Crippen LogP contribution in [0.2, 0.25) is 0 Å². The van der Waals surface area contributed by atoms with Crippen LogP contribution in [0.1, 0.15) is 31.8 Å². The van der Waals surface area contributed by atoms with Gasteiger partial charge in [0.1, 0.15) is 11.5 Å². The highest BCUT2D eigenvalue weighted by Gasteiger charge is 2.31. The number of alkyl halides is 3. The van der Waals surface area contributed by atoms with Crippen molar-refractivity contribution < 1.29 is 37.0 Å². The van der Waals surface area contributed by atoms with E-state index in [4.69, 9.17) is 9.47 Å². The number of nitrogens with zero attached hydrogens (tertiary/aromatic N) is 1. The molecule has 3 amide bonds. The predicted molar refractivity (Wildman–Crippen MR) is 161 cm³/mol. The molecule has 3 N–H and O–H groups in total. The molecule has 0 aliphatic carbocycles. The molecule has 0 spiro atoms. The van der Waals surface area contributed by atoms with Crippen molar-refractivity contribution in [2.75, 3.05) is 23.1 Å². The van der Waals surface area contributed by atoms with Crippen molar-refractivity contribution in [3.8, 4) is 11.5 Å². The number of aryl methyl sites for hydroxylation is 1. The van der Waals surface area contributed by atoms with E-state index in [1.165, 1.54) is 19.2 Å². The number of halogens is 3. The Balaban J connectivity index is 1.26. The summed E-state index contributed by atoms with van der Waals surface area (Å²) in [6, 6.07) is 20.2. The normalized spacial score (nSPS) is 11.1. The van der Waals surface area contributed by atoms with E-state index in [0.29, 0.717) is 32.8 Å². The molecule has 1 heterocycles. The van der Waals surface area contributed by atoms with Crippen molar-refractivity contribution in [3.05, 3.63) is 107 Å². The minimum atomic E-state index is -4.58. The van der Waals surface area contributed by atoms with Crippen LogP contribution < -0.4 is 25.4 Å². The van der Waals surface area contributed by atoms with Gasteiger partial charge in [0.2, 0.25) is 0 Å². The summed E-state index contributed by atoms with van der Waals surface area (Å²) in [6.07, 6.45) is -5.33. The molecule has 44 heavy (non-hydrogen) atoms. The molecule has 5 aromatic rings. The average Bonchev–Trinajstić information content (AvgIpc) is 3.39. The smallest absolute Gasteiger partial charge is 0.418 e. The first-order valence-corrected chi connectivity index (χ1v) is 13.7. The minimum absolute atomic E-state index is 0.161. The van der Waals surface area contributed by atoms with Gasteiger partial charge in [-0.1, -0.05) is 29.5 Å². The van der Waals surface area contributed by atoms with Crippen LogP contribution in [0, 0.1) is 6.92 Å². The van der Waals surface area contributed by atoms with Crippen LogP contribution >= 0.6 is 11.3 Å². The summed E-state index contributed by atoms with van der Waals surface area (Å²) >= 11 is 1.15. The number of hydrogen-bond acceptors (Lipinski definition) is 7. The first-order valence-electron chi connectivity index (χ1n) is 12.9. The van der Waals surface area contributed by atoms with E-state index < -0.39 is 29.6 Å². The van der Waals surface area contributed by atoms with Gasteiger partial charge >= 0.3 is 12.3 Å². The number of thiazole rings is 1. The van der Waals surface area contributed by atoms with Crippen LogP contribution in [-0.4, -0.2) is 30.0 Å². The molecule has 13 heteroatoms. The monoisotopic (exact) mass is 620 g/mol. The average molecular weight is 621 g/mol.